The fourth-order valence-corrected chi connectivity index (χ4v) is 2.24. The number of rotatable bonds is 4. The van der Waals surface area contributed by atoms with Crippen LogP contribution in [0.2, 0.25) is 0 Å². The van der Waals surface area contributed by atoms with E-state index in [1.54, 1.807) is 0 Å². The van der Waals surface area contributed by atoms with Crippen LogP contribution in [0.25, 0.3) is 0 Å². The van der Waals surface area contributed by atoms with Gasteiger partial charge in [-0.1, -0.05) is 25.4 Å². The smallest absolute Gasteiger partial charge is 0.230 e. The van der Waals surface area contributed by atoms with E-state index >= 15 is 0 Å². The molecule has 1 aliphatic carbocycles. The Balaban J connectivity index is 1.99. The second-order valence-electron chi connectivity index (χ2n) is 4.34. The van der Waals surface area contributed by atoms with E-state index in [1.807, 2.05) is 0 Å². The fourth-order valence-electron chi connectivity index (χ4n) is 2.24. The van der Waals surface area contributed by atoms with Gasteiger partial charge in [0.05, 0.1) is 6.54 Å². The van der Waals surface area contributed by atoms with Crippen molar-refractivity contribution < 1.29 is 4.52 Å². The largest absolute Gasteiger partial charge is 0.339 e. The van der Waals surface area contributed by atoms with Crippen molar-refractivity contribution in [1.82, 2.24) is 15.5 Å². The molecule has 0 radical (unpaired) electrons. The first-order valence-corrected chi connectivity index (χ1v) is 5.84. The van der Waals surface area contributed by atoms with E-state index in [2.05, 4.69) is 29.3 Å². The van der Waals surface area contributed by atoms with Gasteiger partial charge in [0.2, 0.25) is 5.89 Å². The van der Waals surface area contributed by atoms with E-state index in [9.17, 15) is 0 Å². The standard InChI is InChI=1S/C11H19N3O/c1-3-12-7-10-13-11(15-14-10)9-6-4-5-8(9)2/h8-9,12H,3-7H2,1-2H3. The van der Waals surface area contributed by atoms with E-state index < -0.39 is 0 Å². The van der Waals surface area contributed by atoms with Crippen molar-refractivity contribution in [2.24, 2.45) is 5.92 Å². The van der Waals surface area contributed by atoms with Crippen molar-refractivity contribution in [3.8, 4) is 0 Å². The van der Waals surface area contributed by atoms with Crippen LogP contribution in [0.5, 0.6) is 0 Å². The molecule has 0 amide bonds. The normalized spacial score (nSPS) is 26.0. The highest BCUT2D eigenvalue weighted by Gasteiger charge is 2.29. The minimum Gasteiger partial charge on any atom is -0.339 e. The van der Waals surface area contributed by atoms with Gasteiger partial charge in [-0.05, 0) is 25.3 Å². The van der Waals surface area contributed by atoms with Crippen molar-refractivity contribution in [1.29, 1.82) is 0 Å². The van der Waals surface area contributed by atoms with Gasteiger partial charge in [-0.3, -0.25) is 0 Å². The van der Waals surface area contributed by atoms with Gasteiger partial charge in [0.1, 0.15) is 0 Å². The predicted octanol–water partition coefficient (Wildman–Crippen LogP) is 2.08. The fraction of sp³-hybridized carbons (Fsp3) is 0.818. The lowest BCUT2D eigenvalue weighted by Gasteiger charge is -2.08. The molecule has 0 aliphatic heterocycles. The first kappa shape index (κ1) is 10.6. The summed E-state index contributed by atoms with van der Waals surface area (Å²) in [5.41, 5.74) is 0. The van der Waals surface area contributed by atoms with E-state index in [0.29, 0.717) is 18.4 Å². The van der Waals surface area contributed by atoms with Crippen molar-refractivity contribution in [3.05, 3.63) is 11.7 Å². The summed E-state index contributed by atoms with van der Waals surface area (Å²) in [5, 5.41) is 7.18. The third-order valence-electron chi connectivity index (χ3n) is 3.20. The maximum Gasteiger partial charge on any atom is 0.230 e. The van der Waals surface area contributed by atoms with E-state index in [1.165, 1.54) is 19.3 Å². The maximum absolute atomic E-state index is 5.31. The van der Waals surface area contributed by atoms with Gasteiger partial charge in [-0.2, -0.15) is 4.98 Å². The molecule has 0 spiro atoms. The minimum atomic E-state index is 0.493. The molecular weight excluding hydrogens is 190 g/mol. The molecule has 1 fully saturated rings. The lowest BCUT2D eigenvalue weighted by Crippen LogP contribution is -2.13. The van der Waals surface area contributed by atoms with Gasteiger partial charge in [-0.15, -0.1) is 0 Å². The molecule has 0 bridgehead atoms. The molecule has 0 saturated heterocycles. The van der Waals surface area contributed by atoms with Crippen LogP contribution in [0.15, 0.2) is 4.52 Å². The first-order valence-electron chi connectivity index (χ1n) is 5.84. The van der Waals surface area contributed by atoms with E-state index in [0.717, 1.165) is 18.3 Å². The predicted molar refractivity (Wildman–Crippen MR) is 57.4 cm³/mol. The topological polar surface area (TPSA) is 51.0 Å². The molecule has 1 saturated carbocycles. The Morgan fingerprint density at radius 3 is 3.00 bits per heavy atom. The average Bonchev–Trinajstić information content (AvgIpc) is 2.83. The summed E-state index contributed by atoms with van der Waals surface area (Å²) in [4.78, 5) is 4.44. The molecule has 1 aromatic rings. The summed E-state index contributed by atoms with van der Waals surface area (Å²) in [6, 6.07) is 0. The summed E-state index contributed by atoms with van der Waals surface area (Å²) in [6.45, 7) is 5.98. The molecule has 2 rings (SSSR count). The molecule has 2 atom stereocenters. The van der Waals surface area contributed by atoms with Gasteiger partial charge >= 0.3 is 0 Å². The van der Waals surface area contributed by atoms with Gasteiger partial charge in [-0.25, -0.2) is 0 Å². The van der Waals surface area contributed by atoms with E-state index in [-0.39, 0.29) is 0 Å². The average molecular weight is 209 g/mol. The molecule has 1 heterocycles. The van der Waals surface area contributed by atoms with Crippen LogP contribution in [0.1, 0.15) is 50.7 Å². The molecule has 2 unspecified atom stereocenters. The Morgan fingerprint density at radius 2 is 2.33 bits per heavy atom. The third-order valence-corrected chi connectivity index (χ3v) is 3.20. The second kappa shape index (κ2) is 4.75. The van der Waals surface area contributed by atoms with Crippen molar-refractivity contribution in [2.75, 3.05) is 6.54 Å². The van der Waals surface area contributed by atoms with Crippen molar-refractivity contribution in [2.45, 2.75) is 45.6 Å². The Kier molecular flexibility index (Phi) is 3.36. The molecule has 4 heteroatoms. The number of hydrogen-bond donors (Lipinski definition) is 1. The molecule has 1 aromatic heterocycles. The SMILES string of the molecule is CCNCc1noc(C2CCCC2C)n1. The Labute approximate surface area is 90.4 Å². The Morgan fingerprint density at radius 1 is 1.47 bits per heavy atom. The maximum atomic E-state index is 5.31. The van der Waals surface area contributed by atoms with Gasteiger partial charge in [0, 0.05) is 5.92 Å². The zero-order valence-electron chi connectivity index (χ0n) is 9.49. The highest BCUT2D eigenvalue weighted by molar-refractivity contribution is 4.98. The van der Waals surface area contributed by atoms with Crippen LogP contribution in [-0.4, -0.2) is 16.7 Å². The van der Waals surface area contributed by atoms with Gasteiger partial charge in [0.15, 0.2) is 5.82 Å². The molecule has 0 aromatic carbocycles. The number of nitrogens with zero attached hydrogens (tertiary/aromatic N) is 2. The van der Waals surface area contributed by atoms with Crippen LogP contribution in [-0.2, 0) is 6.54 Å². The highest BCUT2D eigenvalue weighted by atomic mass is 16.5. The molecule has 1 aliphatic rings. The lowest BCUT2D eigenvalue weighted by atomic mass is 9.98. The zero-order valence-corrected chi connectivity index (χ0v) is 9.49. The van der Waals surface area contributed by atoms with Gasteiger partial charge < -0.3 is 9.84 Å². The van der Waals surface area contributed by atoms with Crippen molar-refractivity contribution >= 4 is 0 Å². The summed E-state index contributed by atoms with van der Waals surface area (Å²) < 4.78 is 5.31. The van der Waals surface area contributed by atoms with Crippen LogP contribution in [0.4, 0.5) is 0 Å². The van der Waals surface area contributed by atoms with E-state index in [4.69, 9.17) is 4.52 Å². The molecule has 4 nitrogen and oxygen atoms in total. The number of hydrogen-bond acceptors (Lipinski definition) is 4. The quantitative estimate of drug-likeness (QED) is 0.825. The minimum absolute atomic E-state index is 0.493. The summed E-state index contributed by atoms with van der Waals surface area (Å²) in [5.74, 6) is 2.81. The molecular formula is C11H19N3O. The monoisotopic (exact) mass is 209 g/mol. The van der Waals surface area contributed by atoms with Crippen molar-refractivity contribution in [3.63, 3.8) is 0 Å². The van der Waals surface area contributed by atoms with Crippen LogP contribution in [0, 0.1) is 5.92 Å². The van der Waals surface area contributed by atoms with Gasteiger partial charge in [0.25, 0.3) is 0 Å². The zero-order chi connectivity index (χ0) is 10.7. The highest BCUT2D eigenvalue weighted by Crippen LogP contribution is 2.38. The Bertz CT molecular complexity index is 311. The first-order chi connectivity index (χ1) is 7.31. The summed E-state index contributed by atoms with van der Waals surface area (Å²) in [7, 11) is 0. The number of aromatic nitrogens is 2. The summed E-state index contributed by atoms with van der Waals surface area (Å²) in [6.07, 6.45) is 3.77. The Hall–Kier alpha value is -0.900. The van der Waals surface area contributed by atoms with Crippen LogP contribution < -0.4 is 5.32 Å². The van der Waals surface area contributed by atoms with Crippen LogP contribution >= 0.6 is 0 Å². The summed E-state index contributed by atoms with van der Waals surface area (Å²) >= 11 is 0. The third kappa shape index (κ3) is 2.37. The molecule has 15 heavy (non-hydrogen) atoms. The van der Waals surface area contributed by atoms with Crippen LogP contribution in [0.3, 0.4) is 0 Å². The number of nitrogens with one attached hydrogen (secondary N) is 1. The molecule has 1 N–H and O–H groups in total. The second-order valence-corrected chi connectivity index (χ2v) is 4.34. The molecule has 84 valence electrons. The lowest BCUT2D eigenvalue weighted by molar-refractivity contribution is 0.328.